The number of nitro groups is 1. The van der Waals surface area contributed by atoms with Crippen molar-refractivity contribution < 1.29 is 9.72 Å². The maximum atomic E-state index is 12.4. The molecule has 0 saturated heterocycles. The summed E-state index contributed by atoms with van der Waals surface area (Å²) in [7, 11) is 0. The average Bonchev–Trinajstić information content (AvgIpc) is 3.37. The maximum Gasteiger partial charge on any atom is 0.309 e. The van der Waals surface area contributed by atoms with Gasteiger partial charge in [0, 0.05) is 23.9 Å². The molecule has 156 valence electrons. The van der Waals surface area contributed by atoms with Crippen molar-refractivity contribution in [2.24, 2.45) is 0 Å². The van der Waals surface area contributed by atoms with E-state index < -0.39 is 4.92 Å². The van der Waals surface area contributed by atoms with E-state index in [2.05, 4.69) is 10.4 Å². The molecule has 0 bridgehead atoms. The van der Waals surface area contributed by atoms with E-state index in [4.69, 9.17) is 5.10 Å². The first-order valence-electron chi connectivity index (χ1n) is 9.66. The summed E-state index contributed by atoms with van der Waals surface area (Å²) in [5, 5.41) is 22.6. The monoisotopic (exact) mass is 416 g/mol. The van der Waals surface area contributed by atoms with Crippen LogP contribution in [-0.2, 0) is 17.9 Å². The van der Waals surface area contributed by atoms with Crippen molar-refractivity contribution in [3.63, 3.8) is 0 Å². The van der Waals surface area contributed by atoms with Gasteiger partial charge in [0.1, 0.15) is 18.4 Å². The van der Waals surface area contributed by atoms with E-state index in [9.17, 15) is 14.9 Å². The third-order valence-electron chi connectivity index (χ3n) is 4.76. The molecule has 4 rings (SSSR count). The lowest BCUT2D eigenvalue weighted by Gasteiger charge is -2.06. The molecule has 0 aliphatic heterocycles. The molecule has 0 aliphatic rings. The van der Waals surface area contributed by atoms with Crippen molar-refractivity contribution in [3.05, 3.63) is 94.4 Å². The Kier molecular flexibility index (Phi) is 5.57. The molecule has 2 heterocycles. The predicted molar refractivity (Wildman–Crippen MR) is 114 cm³/mol. The number of nitrogens with zero attached hydrogens (tertiary/aromatic N) is 5. The van der Waals surface area contributed by atoms with Gasteiger partial charge in [-0.1, -0.05) is 48.5 Å². The van der Waals surface area contributed by atoms with Crippen LogP contribution in [0.2, 0.25) is 0 Å². The Hall–Kier alpha value is -4.27. The fourth-order valence-corrected chi connectivity index (χ4v) is 3.26. The molecule has 1 N–H and O–H groups in total. The molecule has 0 fully saturated rings. The Bertz CT molecular complexity index is 1210. The Labute approximate surface area is 178 Å². The molecule has 9 nitrogen and oxygen atoms in total. The zero-order valence-corrected chi connectivity index (χ0v) is 16.8. The van der Waals surface area contributed by atoms with Gasteiger partial charge in [-0.2, -0.15) is 10.2 Å². The highest BCUT2D eigenvalue weighted by Gasteiger charge is 2.17. The summed E-state index contributed by atoms with van der Waals surface area (Å²) in [6.45, 7) is 1.69. The highest BCUT2D eigenvalue weighted by atomic mass is 16.6. The first-order chi connectivity index (χ1) is 15.0. The SMILES string of the molecule is Cc1nn(CC(=O)NCc2cn(-c3ccccc3)nc2-c2ccccc2)cc1[N+](=O)[O-]. The summed E-state index contributed by atoms with van der Waals surface area (Å²) in [5.74, 6) is -0.302. The number of amides is 1. The fourth-order valence-electron chi connectivity index (χ4n) is 3.26. The molecule has 0 radical (unpaired) electrons. The van der Waals surface area contributed by atoms with Crippen LogP contribution in [0.1, 0.15) is 11.3 Å². The van der Waals surface area contributed by atoms with Crippen molar-refractivity contribution in [1.82, 2.24) is 24.9 Å². The van der Waals surface area contributed by atoms with E-state index in [-0.39, 0.29) is 30.4 Å². The highest BCUT2D eigenvalue weighted by Crippen LogP contribution is 2.23. The van der Waals surface area contributed by atoms with Crippen LogP contribution < -0.4 is 5.32 Å². The van der Waals surface area contributed by atoms with Gasteiger partial charge in [-0.25, -0.2) is 4.68 Å². The second-order valence-electron chi connectivity index (χ2n) is 6.98. The molecule has 31 heavy (non-hydrogen) atoms. The molecule has 9 heteroatoms. The molecule has 0 unspecified atom stereocenters. The number of aryl methyl sites for hydroxylation is 1. The first kappa shape index (κ1) is 20.0. The van der Waals surface area contributed by atoms with E-state index in [0.717, 1.165) is 22.5 Å². The number of benzene rings is 2. The van der Waals surface area contributed by atoms with Gasteiger partial charge in [-0.3, -0.25) is 19.6 Å². The Morgan fingerprint density at radius 1 is 1.03 bits per heavy atom. The molecule has 0 saturated carbocycles. The molecule has 0 atom stereocenters. The standard InChI is InChI=1S/C22H20N6O3/c1-16-20(28(30)31)14-26(24-16)15-21(29)23-12-18-13-27(19-10-6-3-7-11-19)25-22(18)17-8-4-2-5-9-17/h2-11,13-14H,12,15H2,1H3,(H,23,29). The van der Waals surface area contributed by atoms with E-state index in [0.29, 0.717) is 0 Å². The molecule has 2 aromatic carbocycles. The summed E-state index contributed by atoms with van der Waals surface area (Å²) in [6, 6.07) is 19.5. The summed E-state index contributed by atoms with van der Waals surface area (Å²) in [6.07, 6.45) is 3.15. The van der Waals surface area contributed by atoms with Gasteiger partial charge in [0.15, 0.2) is 0 Å². The number of para-hydroxylation sites is 1. The molecular formula is C22H20N6O3. The maximum absolute atomic E-state index is 12.4. The van der Waals surface area contributed by atoms with Gasteiger partial charge >= 0.3 is 5.69 Å². The minimum Gasteiger partial charge on any atom is -0.350 e. The van der Waals surface area contributed by atoms with Gasteiger partial charge in [0.25, 0.3) is 0 Å². The lowest BCUT2D eigenvalue weighted by Crippen LogP contribution is -2.27. The van der Waals surface area contributed by atoms with Gasteiger partial charge < -0.3 is 5.32 Å². The summed E-state index contributed by atoms with van der Waals surface area (Å²) in [5.41, 5.74) is 3.65. The van der Waals surface area contributed by atoms with Gasteiger partial charge in [-0.15, -0.1) is 0 Å². The molecule has 0 spiro atoms. The Balaban J connectivity index is 1.53. The van der Waals surface area contributed by atoms with Gasteiger partial charge in [0.2, 0.25) is 5.91 Å². The number of carbonyl (C=O) groups is 1. The zero-order chi connectivity index (χ0) is 21.8. The van der Waals surface area contributed by atoms with Crippen LogP contribution in [-0.4, -0.2) is 30.4 Å². The highest BCUT2D eigenvalue weighted by molar-refractivity contribution is 5.76. The molecule has 1 amide bonds. The van der Waals surface area contributed by atoms with Crippen molar-refractivity contribution in [3.8, 4) is 16.9 Å². The Morgan fingerprint density at radius 2 is 1.71 bits per heavy atom. The van der Waals surface area contributed by atoms with E-state index >= 15 is 0 Å². The number of carbonyl (C=O) groups excluding carboxylic acids is 1. The number of hydrogen-bond acceptors (Lipinski definition) is 5. The molecule has 4 aromatic rings. The second-order valence-corrected chi connectivity index (χ2v) is 6.98. The van der Waals surface area contributed by atoms with Crippen LogP contribution >= 0.6 is 0 Å². The van der Waals surface area contributed by atoms with Crippen LogP contribution in [0.15, 0.2) is 73.1 Å². The van der Waals surface area contributed by atoms with Gasteiger partial charge in [0.05, 0.1) is 16.3 Å². The van der Waals surface area contributed by atoms with Crippen LogP contribution in [0.5, 0.6) is 0 Å². The van der Waals surface area contributed by atoms with Crippen molar-refractivity contribution in [1.29, 1.82) is 0 Å². The third-order valence-corrected chi connectivity index (χ3v) is 4.76. The molecule has 0 aliphatic carbocycles. The lowest BCUT2D eigenvalue weighted by atomic mass is 10.1. The van der Waals surface area contributed by atoms with Crippen LogP contribution in [0.3, 0.4) is 0 Å². The van der Waals surface area contributed by atoms with Crippen LogP contribution in [0, 0.1) is 17.0 Å². The normalized spacial score (nSPS) is 10.7. The summed E-state index contributed by atoms with van der Waals surface area (Å²) < 4.78 is 3.05. The van der Waals surface area contributed by atoms with E-state index in [1.807, 2.05) is 66.9 Å². The van der Waals surface area contributed by atoms with Crippen molar-refractivity contribution in [2.45, 2.75) is 20.0 Å². The van der Waals surface area contributed by atoms with Crippen LogP contribution in [0.25, 0.3) is 16.9 Å². The largest absolute Gasteiger partial charge is 0.350 e. The number of hydrogen-bond donors (Lipinski definition) is 1. The van der Waals surface area contributed by atoms with E-state index in [1.165, 1.54) is 17.8 Å². The smallest absolute Gasteiger partial charge is 0.309 e. The molecular weight excluding hydrogens is 396 g/mol. The van der Waals surface area contributed by atoms with Gasteiger partial charge in [-0.05, 0) is 19.1 Å². The average molecular weight is 416 g/mol. The lowest BCUT2D eigenvalue weighted by molar-refractivity contribution is -0.385. The minimum atomic E-state index is -0.513. The molecule has 2 aromatic heterocycles. The second kappa shape index (κ2) is 8.62. The number of aromatic nitrogens is 4. The van der Waals surface area contributed by atoms with Crippen LogP contribution in [0.4, 0.5) is 5.69 Å². The number of rotatable bonds is 7. The topological polar surface area (TPSA) is 108 Å². The predicted octanol–water partition coefficient (Wildman–Crippen LogP) is 3.27. The minimum absolute atomic E-state index is 0.108. The first-order valence-corrected chi connectivity index (χ1v) is 9.66. The summed E-state index contributed by atoms with van der Waals surface area (Å²) >= 11 is 0. The van der Waals surface area contributed by atoms with Crippen molar-refractivity contribution >= 4 is 11.6 Å². The fraction of sp³-hybridized carbons (Fsp3) is 0.136. The Morgan fingerprint density at radius 3 is 2.35 bits per heavy atom. The number of nitrogens with one attached hydrogen (secondary N) is 1. The quantitative estimate of drug-likeness (QED) is 0.367. The van der Waals surface area contributed by atoms with Crippen molar-refractivity contribution in [2.75, 3.05) is 0 Å². The summed E-state index contributed by atoms with van der Waals surface area (Å²) in [4.78, 5) is 22.9. The van der Waals surface area contributed by atoms with E-state index in [1.54, 1.807) is 4.68 Å². The third kappa shape index (κ3) is 4.50. The zero-order valence-electron chi connectivity index (χ0n) is 16.8.